The van der Waals surface area contributed by atoms with Crippen molar-refractivity contribution in [2.24, 2.45) is 5.92 Å². The Morgan fingerprint density at radius 3 is 2.02 bits per heavy atom. The third kappa shape index (κ3) is 8.87. The van der Waals surface area contributed by atoms with Crippen molar-refractivity contribution in [2.45, 2.75) is 50.0 Å². The molecule has 8 nitrogen and oxygen atoms in total. The zero-order chi connectivity index (χ0) is 35.9. The van der Waals surface area contributed by atoms with E-state index in [1.165, 1.54) is 5.56 Å². The summed E-state index contributed by atoms with van der Waals surface area (Å²) < 4.78 is 42.1. The van der Waals surface area contributed by atoms with Gasteiger partial charge in [0.05, 0.1) is 23.7 Å². The van der Waals surface area contributed by atoms with Gasteiger partial charge >= 0.3 is 0 Å². The Morgan fingerprint density at radius 2 is 1.31 bits per heavy atom. The molecule has 0 aromatic heterocycles. The van der Waals surface area contributed by atoms with Crippen molar-refractivity contribution in [3.05, 3.63) is 161 Å². The third-order valence-electron chi connectivity index (χ3n) is 10.2. The van der Waals surface area contributed by atoms with Crippen LogP contribution in [0.5, 0.6) is 0 Å². The molecule has 2 N–H and O–H groups in total. The highest BCUT2D eigenvalue weighted by atomic mass is 32.2. The van der Waals surface area contributed by atoms with Crippen LogP contribution in [0.2, 0.25) is 0 Å². The Morgan fingerprint density at radius 1 is 0.673 bits per heavy atom. The number of aliphatic hydroxyl groups excluding tert-OH is 1. The van der Waals surface area contributed by atoms with Crippen LogP contribution in [-0.4, -0.2) is 62.2 Å². The van der Waals surface area contributed by atoms with Gasteiger partial charge in [0.2, 0.25) is 10.0 Å². The molecular weight excluding hydrogens is 671 g/mol. The number of nitrogens with one attached hydrogen (secondary N) is 1. The summed E-state index contributed by atoms with van der Waals surface area (Å²) in [4.78, 5) is 5.28. The monoisotopic (exact) mass is 717 g/mol. The van der Waals surface area contributed by atoms with Crippen LogP contribution in [-0.2, 0) is 39.2 Å². The summed E-state index contributed by atoms with van der Waals surface area (Å²) in [5, 5.41) is 9.67. The van der Waals surface area contributed by atoms with E-state index in [-0.39, 0.29) is 36.2 Å². The Labute approximate surface area is 307 Å². The Hall–Kier alpha value is -4.19. The summed E-state index contributed by atoms with van der Waals surface area (Å²) in [5.41, 5.74) is 7.03. The minimum Gasteiger partial charge on any atom is -0.392 e. The maximum absolute atomic E-state index is 12.8. The van der Waals surface area contributed by atoms with Gasteiger partial charge in [0.1, 0.15) is 0 Å². The molecule has 5 aromatic rings. The lowest BCUT2D eigenvalue weighted by Crippen LogP contribution is -2.51. The molecule has 4 atom stereocenters. The predicted molar refractivity (Wildman–Crippen MR) is 203 cm³/mol. The smallest absolute Gasteiger partial charge is 0.240 e. The predicted octanol–water partition coefficient (Wildman–Crippen LogP) is 6.93. The second-order valence-corrected chi connectivity index (χ2v) is 15.6. The molecule has 2 aliphatic heterocycles. The fourth-order valence-electron chi connectivity index (χ4n) is 7.14. The SMILES string of the molecule is C[C@H]1[C@@H](CN2CCN(Cc3ccccc3)CC2)O[C@@H](c2cccc(-c3cccc(CNS(=O)(=O)c4ccccc4)c3)c2)O[C@H]1c1ccc(CO)cc1. The summed E-state index contributed by atoms with van der Waals surface area (Å²) in [6.45, 7) is 8.15. The number of hydrogen-bond acceptors (Lipinski definition) is 7. The largest absolute Gasteiger partial charge is 0.392 e. The molecule has 0 bridgehead atoms. The van der Waals surface area contributed by atoms with E-state index in [9.17, 15) is 13.5 Å². The minimum absolute atomic E-state index is 0.00113. The van der Waals surface area contributed by atoms with Gasteiger partial charge in [-0.1, -0.05) is 116 Å². The van der Waals surface area contributed by atoms with Gasteiger partial charge in [0.15, 0.2) is 6.29 Å². The van der Waals surface area contributed by atoms with Crippen molar-refractivity contribution in [3.63, 3.8) is 0 Å². The van der Waals surface area contributed by atoms with Crippen LogP contribution in [0.1, 0.15) is 47.1 Å². The van der Waals surface area contributed by atoms with E-state index in [2.05, 4.69) is 76.0 Å². The van der Waals surface area contributed by atoms with E-state index in [1.54, 1.807) is 30.3 Å². The molecule has 2 heterocycles. The molecule has 52 heavy (non-hydrogen) atoms. The van der Waals surface area contributed by atoms with E-state index >= 15 is 0 Å². The first kappa shape index (κ1) is 36.2. The van der Waals surface area contributed by atoms with Gasteiger partial charge in [0.25, 0.3) is 0 Å². The quantitative estimate of drug-likeness (QED) is 0.145. The molecule has 7 rings (SSSR count). The summed E-state index contributed by atoms with van der Waals surface area (Å²) in [7, 11) is -3.63. The number of rotatable bonds is 12. The number of sulfonamides is 1. The first-order chi connectivity index (χ1) is 25.3. The Bertz CT molecular complexity index is 2000. The average molecular weight is 718 g/mol. The first-order valence-corrected chi connectivity index (χ1v) is 19.6. The van der Waals surface area contributed by atoms with E-state index in [4.69, 9.17) is 9.47 Å². The van der Waals surface area contributed by atoms with Crippen molar-refractivity contribution in [1.82, 2.24) is 14.5 Å². The fraction of sp³-hybridized carbons (Fsp3) is 0.302. The number of hydrogen-bond donors (Lipinski definition) is 2. The molecule has 0 saturated carbocycles. The highest BCUT2D eigenvalue weighted by Crippen LogP contribution is 2.42. The molecule has 2 fully saturated rings. The Kier molecular flexibility index (Phi) is 11.6. The molecule has 0 unspecified atom stereocenters. The second-order valence-electron chi connectivity index (χ2n) is 13.8. The summed E-state index contributed by atoms with van der Waals surface area (Å²) in [6, 6.07) is 43.3. The van der Waals surface area contributed by atoms with E-state index < -0.39 is 16.3 Å². The lowest BCUT2D eigenvalue weighted by Gasteiger charge is -2.44. The van der Waals surface area contributed by atoms with E-state index in [0.717, 1.165) is 72.6 Å². The van der Waals surface area contributed by atoms with Crippen LogP contribution < -0.4 is 4.72 Å². The van der Waals surface area contributed by atoms with Gasteiger partial charge in [-0.25, -0.2) is 13.1 Å². The van der Waals surface area contributed by atoms with Gasteiger partial charge in [-0.15, -0.1) is 0 Å². The summed E-state index contributed by atoms with van der Waals surface area (Å²) >= 11 is 0. The second kappa shape index (κ2) is 16.7. The van der Waals surface area contributed by atoms with Crippen LogP contribution >= 0.6 is 0 Å². The zero-order valence-corrected chi connectivity index (χ0v) is 30.4. The number of piperazine rings is 1. The van der Waals surface area contributed by atoms with Crippen molar-refractivity contribution in [2.75, 3.05) is 32.7 Å². The molecule has 0 aliphatic carbocycles. The van der Waals surface area contributed by atoms with E-state index in [0.29, 0.717) is 0 Å². The highest BCUT2D eigenvalue weighted by Gasteiger charge is 2.39. The summed E-state index contributed by atoms with van der Waals surface area (Å²) in [5.74, 6) is 0.0955. The van der Waals surface area contributed by atoms with E-state index in [1.807, 2.05) is 48.5 Å². The van der Waals surface area contributed by atoms with Crippen LogP contribution in [0.15, 0.2) is 138 Å². The van der Waals surface area contributed by atoms with Gasteiger partial charge < -0.3 is 14.6 Å². The highest BCUT2D eigenvalue weighted by molar-refractivity contribution is 7.89. The van der Waals surface area contributed by atoms with Gasteiger partial charge in [0, 0.05) is 57.3 Å². The van der Waals surface area contributed by atoms with Crippen LogP contribution in [0, 0.1) is 5.92 Å². The van der Waals surface area contributed by atoms with Gasteiger partial charge in [-0.3, -0.25) is 9.80 Å². The molecule has 0 spiro atoms. The Balaban J connectivity index is 1.07. The average Bonchev–Trinajstić information content (AvgIpc) is 3.19. The topological polar surface area (TPSA) is 91.3 Å². The number of nitrogens with zero attached hydrogens (tertiary/aromatic N) is 2. The summed E-state index contributed by atoms with van der Waals surface area (Å²) in [6.07, 6.45) is -0.837. The molecule has 0 amide bonds. The van der Waals surface area contributed by atoms with Crippen LogP contribution in [0.4, 0.5) is 0 Å². The molecule has 9 heteroatoms. The third-order valence-corrected chi connectivity index (χ3v) is 11.6. The normalized spacial score (nSPS) is 21.6. The van der Waals surface area contributed by atoms with Crippen molar-refractivity contribution < 1.29 is 23.0 Å². The zero-order valence-electron chi connectivity index (χ0n) is 29.6. The fourth-order valence-corrected chi connectivity index (χ4v) is 8.18. The maximum atomic E-state index is 12.8. The molecule has 270 valence electrons. The van der Waals surface area contributed by atoms with Crippen molar-refractivity contribution in [3.8, 4) is 11.1 Å². The van der Waals surface area contributed by atoms with Crippen LogP contribution in [0.25, 0.3) is 11.1 Å². The van der Waals surface area contributed by atoms with Crippen molar-refractivity contribution in [1.29, 1.82) is 0 Å². The number of ether oxygens (including phenoxy) is 2. The molecule has 5 aromatic carbocycles. The molecular formula is C43H47N3O5S. The molecule has 2 aliphatic rings. The molecule has 2 saturated heterocycles. The standard InChI is InChI=1S/C43H47N3O5S/c1-32-41(30-46-24-22-45(23-25-46)29-33-10-4-2-5-11-33)50-43(51-42(32)36-20-18-34(31-47)19-21-36)39-15-9-14-38(27-39)37-13-8-12-35(26-37)28-44-52(48,49)40-16-6-3-7-17-40/h2-21,26-27,32,41-44,47H,22-25,28-31H2,1H3/t32-,41+,42+,43+/m0/s1. The lowest BCUT2D eigenvalue weighted by molar-refractivity contribution is -0.276. The van der Waals surface area contributed by atoms with Gasteiger partial charge in [-0.2, -0.15) is 0 Å². The maximum Gasteiger partial charge on any atom is 0.240 e. The van der Waals surface area contributed by atoms with Crippen molar-refractivity contribution >= 4 is 10.0 Å². The van der Waals surface area contributed by atoms with Crippen LogP contribution in [0.3, 0.4) is 0 Å². The first-order valence-electron chi connectivity index (χ1n) is 18.1. The molecule has 0 radical (unpaired) electrons. The number of aliphatic hydroxyl groups is 1. The lowest BCUT2D eigenvalue weighted by atomic mass is 9.89. The van der Waals surface area contributed by atoms with Gasteiger partial charge in [-0.05, 0) is 57.6 Å². The minimum atomic E-state index is -3.63. The number of benzene rings is 5.